The van der Waals surface area contributed by atoms with Crippen molar-refractivity contribution in [3.05, 3.63) is 23.9 Å². The molecule has 5 saturated heterocycles. The number of fused-ring (bicyclic) bond motifs is 4. The van der Waals surface area contributed by atoms with Gasteiger partial charge in [-0.05, 0) is 37.7 Å². The molecule has 1 amide bonds. The first kappa shape index (κ1) is 21.4. The number of nitrogen functional groups attached to an aromatic ring is 1. The van der Waals surface area contributed by atoms with E-state index in [-0.39, 0.29) is 23.6 Å². The number of nitrogens with two attached hydrogens (primary N) is 1. The topological polar surface area (TPSA) is 91.5 Å². The SMILES string of the molecule is CC(=O)N1C[C@@H]2CC[C@H]1CN2c1cc(-c2cnc(N)c(C(F)(F)F)c2)nc(N2CC3CC2C3)n1. The lowest BCUT2D eigenvalue weighted by molar-refractivity contribution is -0.137. The van der Waals surface area contributed by atoms with Crippen LogP contribution in [0.1, 0.15) is 38.2 Å². The van der Waals surface area contributed by atoms with E-state index >= 15 is 0 Å². The molecule has 180 valence electrons. The zero-order valence-corrected chi connectivity index (χ0v) is 18.8. The van der Waals surface area contributed by atoms with E-state index in [0.717, 1.165) is 38.3 Å². The van der Waals surface area contributed by atoms with Crippen LogP contribution < -0.4 is 15.5 Å². The Balaban J connectivity index is 1.41. The second kappa shape index (κ2) is 7.44. The van der Waals surface area contributed by atoms with Gasteiger partial charge in [0.15, 0.2) is 0 Å². The van der Waals surface area contributed by atoms with Crippen LogP contribution in [-0.2, 0) is 11.0 Å². The van der Waals surface area contributed by atoms with Gasteiger partial charge in [-0.2, -0.15) is 18.2 Å². The molecule has 0 aromatic carbocycles. The van der Waals surface area contributed by atoms with Crippen LogP contribution in [0, 0.1) is 5.92 Å². The maximum absolute atomic E-state index is 13.5. The zero-order valence-electron chi connectivity index (χ0n) is 18.8. The van der Waals surface area contributed by atoms with Crippen molar-refractivity contribution in [2.24, 2.45) is 5.92 Å². The van der Waals surface area contributed by atoms with Gasteiger partial charge in [-0.15, -0.1) is 0 Å². The van der Waals surface area contributed by atoms with Crippen LogP contribution in [0.3, 0.4) is 0 Å². The van der Waals surface area contributed by atoms with Crippen LogP contribution >= 0.6 is 0 Å². The standard InChI is InChI=1S/C23H26F3N7O/c1-12(34)31-10-16-3-2-15(31)11-32(16)20-7-19(14-6-18(23(24,25)26)21(27)28-8-14)29-22(30-20)33-9-13-4-17(33)5-13/h6-8,13,15-17H,2-5,9-11H2,1H3,(H2,27,28)/t13?,15-,16-,17?/m0/s1. The molecule has 7 heterocycles. The minimum atomic E-state index is -4.61. The number of pyridine rings is 1. The fourth-order valence-electron chi connectivity index (χ4n) is 5.96. The highest BCUT2D eigenvalue weighted by Gasteiger charge is 2.45. The molecule has 5 aliphatic heterocycles. The number of nitrogens with zero attached hydrogens (tertiary/aromatic N) is 6. The fraction of sp³-hybridized carbons (Fsp3) is 0.565. The summed E-state index contributed by atoms with van der Waals surface area (Å²) in [7, 11) is 0. The summed E-state index contributed by atoms with van der Waals surface area (Å²) in [6.07, 6.45) is 0.824. The summed E-state index contributed by atoms with van der Waals surface area (Å²) < 4.78 is 40.5. The molecule has 6 fully saturated rings. The number of anilines is 3. The minimum Gasteiger partial charge on any atom is -0.383 e. The van der Waals surface area contributed by atoms with Crippen molar-refractivity contribution in [2.45, 2.75) is 56.9 Å². The summed E-state index contributed by atoms with van der Waals surface area (Å²) in [6, 6.07) is 3.37. The van der Waals surface area contributed by atoms with E-state index in [4.69, 9.17) is 15.7 Å². The third kappa shape index (κ3) is 3.43. The molecule has 1 saturated carbocycles. The van der Waals surface area contributed by atoms with Crippen molar-refractivity contribution in [2.75, 3.05) is 35.2 Å². The summed E-state index contributed by atoms with van der Waals surface area (Å²) >= 11 is 0. The highest BCUT2D eigenvalue weighted by atomic mass is 19.4. The Morgan fingerprint density at radius 1 is 1.03 bits per heavy atom. The Labute approximate surface area is 195 Å². The summed E-state index contributed by atoms with van der Waals surface area (Å²) in [5.74, 6) is 1.39. The van der Waals surface area contributed by atoms with Gasteiger partial charge < -0.3 is 20.4 Å². The summed E-state index contributed by atoms with van der Waals surface area (Å²) in [5, 5.41) is 0. The van der Waals surface area contributed by atoms with E-state index in [1.54, 1.807) is 13.0 Å². The predicted octanol–water partition coefficient (Wildman–Crippen LogP) is 2.94. The minimum absolute atomic E-state index is 0.0721. The van der Waals surface area contributed by atoms with Crippen LogP contribution in [0.4, 0.5) is 30.8 Å². The first-order valence-electron chi connectivity index (χ1n) is 11.7. The number of hydrogen-bond acceptors (Lipinski definition) is 7. The molecule has 8 rings (SSSR count). The quantitative estimate of drug-likeness (QED) is 0.733. The van der Waals surface area contributed by atoms with Crippen LogP contribution in [0.25, 0.3) is 11.3 Å². The monoisotopic (exact) mass is 473 g/mol. The number of carbonyl (C=O) groups is 1. The molecule has 0 unspecified atom stereocenters. The van der Waals surface area contributed by atoms with Crippen LogP contribution in [-0.4, -0.2) is 63.5 Å². The van der Waals surface area contributed by atoms with Gasteiger partial charge in [-0.1, -0.05) is 0 Å². The number of halogens is 3. The lowest BCUT2D eigenvalue weighted by atomic mass is 9.86. The summed E-state index contributed by atoms with van der Waals surface area (Å²) in [6.45, 7) is 3.74. The first-order chi connectivity index (χ1) is 16.2. The van der Waals surface area contributed by atoms with Gasteiger partial charge in [-0.25, -0.2) is 9.97 Å². The molecular formula is C23H26F3N7O. The average Bonchev–Trinajstić information content (AvgIpc) is 3.40. The van der Waals surface area contributed by atoms with Gasteiger partial charge >= 0.3 is 6.18 Å². The number of hydrogen-bond donors (Lipinski definition) is 1. The van der Waals surface area contributed by atoms with Crippen molar-refractivity contribution in [3.63, 3.8) is 0 Å². The van der Waals surface area contributed by atoms with E-state index < -0.39 is 17.6 Å². The van der Waals surface area contributed by atoms with Gasteiger partial charge in [0.2, 0.25) is 11.9 Å². The van der Waals surface area contributed by atoms with Crippen LogP contribution in [0.15, 0.2) is 18.3 Å². The number of amides is 1. The molecule has 2 atom stereocenters. The van der Waals surface area contributed by atoms with E-state index in [1.807, 2.05) is 4.90 Å². The van der Waals surface area contributed by atoms with Gasteiger partial charge in [0.1, 0.15) is 11.6 Å². The molecule has 34 heavy (non-hydrogen) atoms. The molecule has 6 aliphatic rings. The molecule has 0 spiro atoms. The maximum Gasteiger partial charge on any atom is 0.419 e. The maximum atomic E-state index is 13.5. The molecule has 1 aliphatic carbocycles. The van der Waals surface area contributed by atoms with Gasteiger partial charge in [-0.3, -0.25) is 4.79 Å². The lowest BCUT2D eigenvalue weighted by Gasteiger charge is -2.51. The summed E-state index contributed by atoms with van der Waals surface area (Å²) in [5.41, 5.74) is 5.20. The first-order valence-corrected chi connectivity index (χ1v) is 11.7. The molecule has 0 radical (unpaired) electrons. The molecule has 8 nitrogen and oxygen atoms in total. The van der Waals surface area contributed by atoms with Crippen molar-refractivity contribution in [1.29, 1.82) is 0 Å². The average molecular weight is 474 g/mol. The predicted molar refractivity (Wildman–Crippen MR) is 120 cm³/mol. The van der Waals surface area contributed by atoms with Crippen molar-refractivity contribution in [1.82, 2.24) is 19.9 Å². The van der Waals surface area contributed by atoms with E-state index in [0.29, 0.717) is 42.5 Å². The lowest BCUT2D eigenvalue weighted by Crippen LogP contribution is -2.64. The van der Waals surface area contributed by atoms with Gasteiger partial charge in [0.05, 0.1) is 11.3 Å². The van der Waals surface area contributed by atoms with Crippen LogP contribution in [0.5, 0.6) is 0 Å². The Morgan fingerprint density at radius 3 is 2.41 bits per heavy atom. The molecule has 2 aromatic rings. The van der Waals surface area contributed by atoms with E-state index in [9.17, 15) is 18.0 Å². The Bertz CT molecular complexity index is 1150. The number of carbonyl (C=O) groups excluding carboxylic acids is 1. The Morgan fingerprint density at radius 2 is 1.79 bits per heavy atom. The van der Waals surface area contributed by atoms with Crippen molar-refractivity contribution < 1.29 is 18.0 Å². The number of alkyl halides is 3. The van der Waals surface area contributed by atoms with Gasteiger partial charge in [0, 0.05) is 62.5 Å². The fourth-order valence-corrected chi connectivity index (χ4v) is 5.96. The van der Waals surface area contributed by atoms with E-state index in [1.165, 1.54) is 6.20 Å². The normalized spacial score (nSPS) is 27.8. The summed E-state index contributed by atoms with van der Waals surface area (Å²) in [4.78, 5) is 31.7. The highest BCUT2D eigenvalue weighted by molar-refractivity contribution is 5.74. The largest absolute Gasteiger partial charge is 0.419 e. The Hall–Kier alpha value is -3.11. The van der Waals surface area contributed by atoms with Crippen molar-refractivity contribution in [3.8, 4) is 11.3 Å². The third-order valence-electron chi connectivity index (χ3n) is 7.81. The van der Waals surface area contributed by atoms with E-state index in [2.05, 4.69) is 14.8 Å². The molecule has 2 aromatic heterocycles. The van der Waals surface area contributed by atoms with Gasteiger partial charge in [0.25, 0.3) is 0 Å². The number of piperidine rings is 2. The second-order valence-corrected chi connectivity index (χ2v) is 9.92. The highest BCUT2D eigenvalue weighted by Crippen LogP contribution is 2.43. The van der Waals surface area contributed by atoms with Crippen molar-refractivity contribution >= 4 is 23.5 Å². The molecule has 11 heteroatoms. The third-order valence-corrected chi connectivity index (χ3v) is 7.81. The zero-order chi connectivity index (χ0) is 23.8. The number of rotatable bonds is 3. The van der Waals surface area contributed by atoms with Crippen LogP contribution in [0.2, 0.25) is 0 Å². The molecular weight excluding hydrogens is 447 g/mol. The number of piperazine rings is 1. The molecule has 4 bridgehead atoms. The Kier molecular flexibility index (Phi) is 4.69. The second-order valence-electron chi connectivity index (χ2n) is 9.92. The number of aromatic nitrogens is 3. The smallest absolute Gasteiger partial charge is 0.383 e. The molecule has 2 N–H and O–H groups in total.